The van der Waals surface area contributed by atoms with Crippen LogP contribution in [0.2, 0.25) is 0 Å². The Morgan fingerprint density at radius 1 is 0.829 bits per heavy atom. The largest absolute Gasteiger partial charge is 0.495 e. The molecule has 1 saturated heterocycles. The normalized spacial score (nSPS) is 14.2. The predicted molar refractivity (Wildman–Crippen MR) is 131 cm³/mol. The fourth-order valence-corrected chi connectivity index (χ4v) is 5.17. The molecule has 1 aliphatic heterocycles. The lowest BCUT2D eigenvalue weighted by atomic mass is 10.1. The quantitative estimate of drug-likeness (QED) is 0.520. The second-order valence-corrected chi connectivity index (χ2v) is 9.64. The highest BCUT2D eigenvalue weighted by atomic mass is 32.2. The van der Waals surface area contributed by atoms with Gasteiger partial charge >= 0.3 is 0 Å². The highest BCUT2D eigenvalue weighted by molar-refractivity contribution is 7.89. The van der Waals surface area contributed by atoms with E-state index in [0.29, 0.717) is 35.7 Å². The molecule has 0 atom stereocenters. The minimum atomic E-state index is -3.83. The highest BCUT2D eigenvalue weighted by Crippen LogP contribution is 2.30. The first-order valence-corrected chi connectivity index (χ1v) is 12.4. The van der Waals surface area contributed by atoms with Crippen LogP contribution in [0.5, 0.6) is 5.75 Å². The van der Waals surface area contributed by atoms with E-state index < -0.39 is 15.9 Å². The van der Waals surface area contributed by atoms with Crippen molar-refractivity contribution >= 4 is 33.2 Å². The zero-order chi connectivity index (χ0) is 24.8. The van der Waals surface area contributed by atoms with Gasteiger partial charge in [0.1, 0.15) is 10.6 Å². The van der Waals surface area contributed by atoms with Gasteiger partial charge in [-0.1, -0.05) is 18.2 Å². The Morgan fingerprint density at radius 3 is 2.03 bits per heavy atom. The molecule has 0 unspecified atom stereocenters. The number of carbonyl (C=O) groups is 2. The van der Waals surface area contributed by atoms with E-state index in [1.54, 1.807) is 54.6 Å². The zero-order valence-electron chi connectivity index (χ0n) is 19.1. The van der Waals surface area contributed by atoms with Gasteiger partial charge in [0.2, 0.25) is 10.0 Å². The molecule has 2 amide bonds. The number of hydrogen-bond acceptors (Lipinski definition) is 6. The molecule has 0 saturated carbocycles. The number of nitrogens with zero attached hydrogens (tertiary/aromatic N) is 1. The van der Waals surface area contributed by atoms with E-state index in [2.05, 4.69) is 10.6 Å². The standard InChI is InChI=1S/C25H25N3O6S/c1-33-22-12-11-21(17-23(22)35(31,32)28-13-15-34-16-14-28)27-25(30)19-7-9-20(10-8-19)26-24(29)18-5-3-2-4-6-18/h2-12,17H,13-16H2,1H3,(H,26,29)(H,27,30). The van der Waals surface area contributed by atoms with Crippen LogP contribution in [0.25, 0.3) is 0 Å². The molecule has 0 aromatic heterocycles. The lowest BCUT2D eigenvalue weighted by Crippen LogP contribution is -2.40. The number of sulfonamides is 1. The molecule has 10 heteroatoms. The van der Waals surface area contributed by atoms with Gasteiger partial charge in [0, 0.05) is 35.6 Å². The topological polar surface area (TPSA) is 114 Å². The molecule has 4 rings (SSSR count). The molecule has 0 bridgehead atoms. The molecule has 182 valence electrons. The number of ether oxygens (including phenoxy) is 2. The minimum Gasteiger partial charge on any atom is -0.495 e. The summed E-state index contributed by atoms with van der Waals surface area (Å²) in [5.74, 6) is -0.492. The van der Waals surface area contributed by atoms with Crippen molar-refractivity contribution in [1.82, 2.24) is 4.31 Å². The molecule has 3 aromatic rings. The van der Waals surface area contributed by atoms with Gasteiger partial charge in [-0.05, 0) is 54.6 Å². The van der Waals surface area contributed by atoms with Crippen molar-refractivity contribution in [2.24, 2.45) is 0 Å². The summed E-state index contributed by atoms with van der Waals surface area (Å²) >= 11 is 0. The van der Waals surface area contributed by atoms with E-state index in [9.17, 15) is 18.0 Å². The number of rotatable bonds is 7. The zero-order valence-corrected chi connectivity index (χ0v) is 19.9. The maximum absolute atomic E-state index is 13.1. The van der Waals surface area contributed by atoms with Crippen molar-refractivity contribution in [2.45, 2.75) is 4.90 Å². The van der Waals surface area contributed by atoms with Gasteiger partial charge in [-0.2, -0.15) is 4.31 Å². The molecular formula is C25H25N3O6S. The Hall–Kier alpha value is -3.73. The van der Waals surface area contributed by atoms with Crippen molar-refractivity contribution in [3.63, 3.8) is 0 Å². The number of anilines is 2. The Kier molecular flexibility index (Phi) is 7.45. The molecule has 0 aliphatic carbocycles. The van der Waals surface area contributed by atoms with Gasteiger partial charge in [0.05, 0.1) is 20.3 Å². The molecule has 2 N–H and O–H groups in total. The van der Waals surface area contributed by atoms with Gasteiger partial charge < -0.3 is 20.1 Å². The van der Waals surface area contributed by atoms with Crippen molar-refractivity contribution in [2.75, 3.05) is 44.0 Å². The summed E-state index contributed by atoms with van der Waals surface area (Å²) in [6.07, 6.45) is 0. The van der Waals surface area contributed by atoms with Gasteiger partial charge in [-0.3, -0.25) is 9.59 Å². The molecule has 1 heterocycles. The summed E-state index contributed by atoms with van der Waals surface area (Å²) in [6, 6.07) is 19.7. The molecule has 35 heavy (non-hydrogen) atoms. The van der Waals surface area contributed by atoms with E-state index in [-0.39, 0.29) is 29.6 Å². The summed E-state index contributed by atoms with van der Waals surface area (Å²) in [5.41, 5.74) is 1.72. The fourth-order valence-electron chi connectivity index (χ4n) is 3.58. The Bertz CT molecular complexity index is 1300. The first-order valence-electron chi connectivity index (χ1n) is 10.9. The lowest BCUT2D eigenvalue weighted by Gasteiger charge is -2.26. The van der Waals surface area contributed by atoms with E-state index in [0.717, 1.165) is 0 Å². The monoisotopic (exact) mass is 495 g/mol. The van der Waals surface area contributed by atoms with E-state index >= 15 is 0 Å². The summed E-state index contributed by atoms with van der Waals surface area (Å²) in [4.78, 5) is 25.0. The number of benzene rings is 3. The second kappa shape index (κ2) is 10.7. The third-order valence-corrected chi connectivity index (χ3v) is 7.37. The van der Waals surface area contributed by atoms with Crippen molar-refractivity contribution < 1.29 is 27.5 Å². The van der Waals surface area contributed by atoms with Crippen molar-refractivity contribution in [1.29, 1.82) is 0 Å². The van der Waals surface area contributed by atoms with Crippen LogP contribution in [0.1, 0.15) is 20.7 Å². The van der Waals surface area contributed by atoms with Crippen LogP contribution in [0.15, 0.2) is 77.7 Å². The highest BCUT2D eigenvalue weighted by Gasteiger charge is 2.29. The van der Waals surface area contributed by atoms with Crippen molar-refractivity contribution in [3.05, 3.63) is 83.9 Å². The summed E-state index contributed by atoms with van der Waals surface area (Å²) < 4.78 is 38.1. The van der Waals surface area contributed by atoms with Gasteiger partial charge in [-0.25, -0.2) is 8.42 Å². The van der Waals surface area contributed by atoms with Crippen molar-refractivity contribution in [3.8, 4) is 5.75 Å². The molecule has 1 aliphatic rings. The first kappa shape index (κ1) is 24.4. The van der Waals surface area contributed by atoms with Gasteiger partial charge in [0.15, 0.2) is 0 Å². The molecule has 0 radical (unpaired) electrons. The lowest BCUT2D eigenvalue weighted by molar-refractivity contribution is 0.0729. The Labute approximate surface area is 203 Å². The third kappa shape index (κ3) is 5.68. The molecule has 1 fully saturated rings. The summed E-state index contributed by atoms with van der Waals surface area (Å²) in [5, 5.41) is 5.50. The molecule has 3 aromatic carbocycles. The first-order chi connectivity index (χ1) is 16.9. The second-order valence-electron chi connectivity index (χ2n) is 7.73. The van der Waals surface area contributed by atoms with Crippen LogP contribution in [-0.2, 0) is 14.8 Å². The Balaban J connectivity index is 1.47. The minimum absolute atomic E-state index is 0.0290. The van der Waals surface area contributed by atoms with Gasteiger partial charge in [0.25, 0.3) is 11.8 Å². The maximum atomic E-state index is 13.1. The summed E-state index contributed by atoms with van der Waals surface area (Å²) in [6.45, 7) is 1.13. The van der Waals surface area contributed by atoms with E-state index in [4.69, 9.17) is 9.47 Å². The van der Waals surface area contributed by atoms with Crippen LogP contribution in [0.4, 0.5) is 11.4 Å². The van der Waals surface area contributed by atoms with E-state index in [1.807, 2.05) is 6.07 Å². The summed E-state index contributed by atoms with van der Waals surface area (Å²) in [7, 11) is -2.44. The molecular weight excluding hydrogens is 470 g/mol. The van der Waals surface area contributed by atoms with Crippen LogP contribution < -0.4 is 15.4 Å². The fraction of sp³-hybridized carbons (Fsp3) is 0.200. The molecule has 0 spiro atoms. The Morgan fingerprint density at radius 2 is 1.40 bits per heavy atom. The third-order valence-electron chi connectivity index (χ3n) is 5.45. The number of nitrogens with one attached hydrogen (secondary N) is 2. The number of amides is 2. The van der Waals surface area contributed by atoms with Crippen LogP contribution >= 0.6 is 0 Å². The van der Waals surface area contributed by atoms with Gasteiger partial charge in [-0.15, -0.1) is 0 Å². The average molecular weight is 496 g/mol. The smallest absolute Gasteiger partial charge is 0.255 e. The molecule has 9 nitrogen and oxygen atoms in total. The van der Waals surface area contributed by atoms with Crippen LogP contribution in [-0.4, -0.2) is 58.0 Å². The van der Waals surface area contributed by atoms with Crippen LogP contribution in [0.3, 0.4) is 0 Å². The average Bonchev–Trinajstić information content (AvgIpc) is 2.90. The number of hydrogen-bond donors (Lipinski definition) is 2. The van der Waals surface area contributed by atoms with Crippen LogP contribution in [0, 0.1) is 0 Å². The number of methoxy groups -OCH3 is 1. The van der Waals surface area contributed by atoms with E-state index in [1.165, 1.54) is 23.5 Å². The number of carbonyl (C=O) groups excluding carboxylic acids is 2. The number of morpholine rings is 1. The SMILES string of the molecule is COc1ccc(NC(=O)c2ccc(NC(=O)c3ccccc3)cc2)cc1S(=O)(=O)N1CCOCC1. The predicted octanol–water partition coefficient (Wildman–Crippen LogP) is 3.22. The maximum Gasteiger partial charge on any atom is 0.255 e.